The lowest BCUT2D eigenvalue weighted by molar-refractivity contribution is -0.117. The van der Waals surface area contributed by atoms with Gasteiger partial charge in [-0.3, -0.25) is 9.69 Å². The van der Waals surface area contributed by atoms with Gasteiger partial charge in [0.15, 0.2) is 0 Å². The zero-order chi connectivity index (χ0) is 15.2. The van der Waals surface area contributed by atoms with Crippen LogP contribution in [-0.2, 0) is 11.2 Å². The zero-order valence-electron chi connectivity index (χ0n) is 13.1. The molecule has 1 saturated heterocycles. The van der Waals surface area contributed by atoms with E-state index in [0.29, 0.717) is 24.9 Å². The van der Waals surface area contributed by atoms with Crippen LogP contribution in [-0.4, -0.2) is 37.0 Å². The second-order valence-electron chi connectivity index (χ2n) is 6.10. The number of aryl methyl sites for hydroxylation is 1. The summed E-state index contributed by atoms with van der Waals surface area (Å²) in [6.07, 6.45) is 2.14. The molecule has 2 rings (SSSR count). The summed E-state index contributed by atoms with van der Waals surface area (Å²) in [4.78, 5) is 14.3. The maximum Gasteiger partial charge on any atom is 0.238 e. The van der Waals surface area contributed by atoms with Crippen LogP contribution in [0.3, 0.4) is 0 Å². The molecule has 2 atom stereocenters. The van der Waals surface area contributed by atoms with Crippen molar-refractivity contribution in [3.8, 4) is 0 Å². The van der Waals surface area contributed by atoms with Crippen molar-refractivity contribution in [1.29, 1.82) is 0 Å². The molecular weight excluding hydrogens is 262 g/mol. The minimum atomic E-state index is 0.0598. The Balaban J connectivity index is 1.83. The molecule has 0 radical (unpaired) electrons. The Morgan fingerprint density at radius 2 is 2.10 bits per heavy atom. The molecule has 0 spiro atoms. The van der Waals surface area contributed by atoms with E-state index < -0.39 is 0 Å². The van der Waals surface area contributed by atoms with Gasteiger partial charge in [-0.05, 0) is 55.5 Å². The predicted molar refractivity (Wildman–Crippen MR) is 87.2 cm³/mol. The molecule has 1 aliphatic heterocycles. The van der Waals surface area contributed by atoms with Crippen molar-refractivity contribution in [3.63, 3.8) is 0 Å². The van der Waals surface area contributed by atoms with Gasteiger partial charge in [-0.2, -0.15) is 0 Å². The first-order valence-electron chi connectivity index (χ1n) is 7.93. The molecule has 1 aromatic carbocycles. The third-order valence-corrected chi connectivity index (χ3v) is 4.51. The second kappa shape index (κ2) is 7.57. The minimum absolute atomic E-state index is 0.0598. The average molecular weight is 289 g/mol. The molecule has 1 amide bonds. The normalized spacial score (nSPS) is 23.0. The fourth-order valence-corrected chi connectivity index (χ4v) is 2.90. The second-order valence-corrected chi connectivity index (χ2v) is 6.10. The van der Waals surface area contributed by atoms with Gasteiger partial charge in [-0.15, -0.1) is 0 Å². The number of nitrogens with two attached hydrogens (primary N) is 1. The molecule has 4 nitrogen and oxygen atoms in total. The maximum atomic E-state index is 12.1. The summed E-state index contributed by atoms with van der Waals surface area (Å²) in [6.45, 7) is 7.46. The monoisotopic (exact) mass is 289 g/mol. The molecule has 3 N–H and O–H groups in total. The largest absolute Gasteiger partial charge is 0.330 e. The molecule has 1 aliphatic rings. The van der Waals surface area contributed by atoms with Crippen molar-refractivity contribution >= 4 is 11.6 Å². The highest BCUT2D eigenvalue weighted by molar-refractivity contribution is 5.92. The lowest BCUT2D eigenvalue weighted by atomic mass is 9.87. The van der Waals surface area contributed by atoms with Gasteiger partial charge in [0.05, 0.1) is 6.54 Å². The molecule has 4 heteroatoms. The van der Waals surface area contributed by atoms with E-state index >= 15 is 0 Å². The Kier molecular flexibility index (Phi) is 5.76. The van der Waals surface area contributed by atoms with Crippen LogP contribution in [0, 0.1) is 11.8 Å². The highest BCUT2D eigenvalue weighted by Crippen LogP contribution is 2.22. The molecule has 0 saturated carbocycles. The van der Waals surface area contributed by atoms with Crippen molar-refractivity contribution in [2.45, 2.75) is 26.7 Å². The Hall–Kier alpha value is -1.39. The molecule has 1 fully saturated rings. The SMILES string of the molecule is CCc1ccc(NC(=O)CN2CCC(C)C(CN)C2)cc1. The number of carbonyl (C=O) groups is 1. The van der Waals surface area contributed by atoms with Crippen LogP contribution in [0.25, 0.3) is 0 Å². The molecule has 0 aliphatic carbocycles. The minimum Gasteiger partial charge on any atom is -0.330 e. The van der Waals surface area contributed by atoms with E-state index in [-0.39, 0.29) is 5.91 Å². The zero-order valence-corrected chi connectivity index (χ0v) is 13.1. The van der Waals surface area contributed by atoms with Gasteiger partial charge in [-0.25, -0.2) is 0 Å². The van der Waals surface area contributed by atoms with E-state index in [1.165, 1.54) is 5.56 Å². The Bertz CT molecular complexity index is 458. The highest BCUT2D eigenvalue weighted by Gasteiger charge is 2.26. The van der Waals surface area contributed by atoms with Crippen molar-refractivity contribution in [3.05, 3.63) is 29.8 Å². The van der Waals surface area contributed by atoms with E-state index in [1.54, 1.807) is 0 Å². The summed E-state index contributed by atoms with van der Waals surface area (Å²) < 4.78 is 0. The molecule has 1 heterocycles. The van der Waals surface area contributed by atoms with Gasteiger partial charge >= 0.3 is 0 Å². The number of anilines is 1. The third kappa shape index (κ3) is 4.55. The topological polar surface area (TPSA) is 58.4 Å². The number of carbonyl (C=O) groups excluding carboxylic acids is 1. The fraction of sp³-hybridized carbons (Fsp3) is 0.588. The quantitative estimate of drug-likeness (QED) is 0.873. The van der Waals surface area contributed by atoms with Crippen molar-refractivity contribution < 1.29 is 4.79 Å². The van der Waals surface area contributed by atoms with Crippen LogP contribution in [0.4, 0.5) is 5.69 Å². The number of rotatable bonds is 5. The Morgan fingerprint density at radius 1 is 1.38 bits per heavy atom. The van der Waals surface area contributed by atoms with Crippen molar-refractivity contribution in [1.82, 2.24) is 4.90 Å². The van der Waals surface area contributed by atoms with Crippen molar-refractivity contribution in [2.75, 3.05) is 31.5 Å². The number of nitrogens with zero attached hydrogens (tertiary/aromatic N) is 1. The average Bonchev–Trinajstić information content (AvgIpc) is 2.50. The number of piperidine rings is 1. The van der Waals surface area contributed by atoms with Gasteiger partial charge in [0, 0.05) is 12.2 Å². The van der Waals surface area contributed by atoms with E-state index in [0.717, 1.165) is 31.6 Å². The Morgan fingerprint density at radius 3 is 2.71 bits per heavy atom. The smallest absolute Gasteiger partial charge is 0.238 e. The summed E-state index contributed by atoms with van der Waals surface area (Å²) in [5.41, 5.74) is 7.96. The summed E-state index contributed by atoms with van der Waals surface area (Å²) in [6, 6.07) is 8.06. The number of nitrogens with one attached hydrogen (secondary N) is 1. The maximum absolute atomic E-state index is 12.1. The molecule has 116 valence electrons. The van der Waals surface area contributed by atoms with Gasteiger partial charge < -0.3 is 11.1 Å². The van der Waals surface area contributed by atoms with E-state index in [2.05, 4.69) is 36.2 Å². The predicted octanol–water partition coefficient (Wildman–Crippen LogP) is 2.10. The molecule has 1 aromatic rings. The summed E-state index contributed by atoms with van der Waals surface area (Å²) in [7, 11) is 0. The van der Waals surface area contributed by atoms with Crippen LogP contribution in [0.15, 0.2) is 24.3 Å². The van der Waals surface area contributed by atoms with Gasteiger partial charge in [0.1, 0.15) is 0 Å². The first-order chi connectivity index (χ1) is 10.1. The first-order valence-corrected chi connectivity index (χ1v) is 7.93. The van der Waals surface area contributed by atoms with Gasteiger partial charge in [0.25, 0.3) is 0 Å². The number of likely N-dealkylation sites (tertiary alicyclic amines) is 1. The highest BCUT2D eigenvalue weighted by atomic mass is 16.2. The van der Waals surface area contributed by atoms with Crippen molar-refractivity contribution in [2.24, 2.45) is 17.6 Å². The number of benzene rings is 1. The van der Waals surface area contributed by atoms with E-state index in [1.807, 2.05) is 12.1 Å². The van der Waals surface area contributed by atoms with Gasteiger partial charge in [-0.1, -0.05) is 26.0 Å². The van der Waals surface area contributed by atoms with E-state index in [9.17, 15) is 4.79 Å². The van der Waals surface area contributed by atoms with Crippen LogP contribution < -0.4 is 11.1 Å². The molecule has 0 bridgehead atoms. The number of amides is 1. The van der Waals surface area contributed by atoms with E-state index in [4.69, 9.17) is 5.73 Å². The summed E-state index contributed by atoms with van der Waals surface area (Å²) >= 11 is 0. The fourth-order valence-electron chi connectivity index (χ4n) is 2.90. The van der Waals surface area contributed by atoms with Crippen LogP contribution >= 0.6 is 0 Å². The summed E-state index contributed by atoms with van der Waals surface area (Å²) in [5.74, 6) is 1.23. The lowest BCUT2D eigenvalue weighted by Crippen LogP contribution is -2.45. The van der Waals surface area contributed by atoms with Crippen LogP contribution in [0.2, 0.25) is 0 Å². The van der Waals surface area contributed by atoms with Crippen LogP contribution in [0.1, 0.15) is 25.8 Å². The lowest BCUT2D eigenvalue weighted by Gasteiger charge is -2.36. The molecule has 21 heavy (non-hydrogen) atoms. The summed E-state index contributed by atoms with van der Waals surface area (Å²) in [5, 5.41) is 2.97. The molecular formula is C17H27N3O. The van der Waals surface area contributed by atoms with Crippen LogP contribution in [0.5, 0.6) is 0 Å². The number of hydrogen-bond donors (Lipinski definition) is 2. The third-order valence-electron chi connectivity index (χ3n) is 4.51. The Labute approximate surface area is 127 Å². The van der Waals surface area contributed by atoms with Gasteiger partial charge in [0.2, 0.25) is 5.91 Å². The standard InChI is InChI=1S/C17H27N3O/c1-3-14-4-6-16(7-5-14)19-17(21)12-20-9-8-13(2)15(10-18)11-20/h4-7,13,15H,3,8-12,18H2,1-2H3,(H,19,21). The molecule has 0 aromatic heterocycles. The first kappa shape index (κ1) is 16.0. The number of hydrogen-bond acceptors (Lipinski definition) is 3. The molecule has 2 unspecified atom stereocenters.